The number of ether oxygens (including phenoxy) is 3. The number of amides is 4. The highest BCUT2D eigenvalue weighted by Crippen LogP contribution is 2.58. The van der Waals surface area contributed by atoms with Crippen LogP contribution in [0.4, 0.5) is 9.59 Å². The summed E-state index contributed by atoms with van der Waals surface area (Å²) in [5, 5.41) is 7.64. The molecule has 4 N–H and O–H groups in total. The minimum absolute atomic E-state index is 0.110. The molecule has 3 aromatic carbocycles. The molecule has 2 aromatic heterocycles. The minimum Gasteiger partial charge on any atom is -0.453 e. The SMILES string of the molecule is CC[C@@H]1CCN(C(=O)[C@@H](NC(=O)OC)C(C)(C)OC)[C@@H]1c1ncc(-c2ccc(-c3ccc4cc(-c5cnc([C@@H]6CC7(CC7)CN6C(=O)C(NC(=O)OC)C(C)C)[nH]5)ccc4c3)cc2)[nH]1. The summed E-state index contributed by atoms with van der Waals surface area (Å²) in [4.78, 5) is 72.9. The van der Waals surface area contributed by atoms with Gasteiger partial charge < -0.3 is 44.6 Å². The summed E-state index contributed by atoms with van der Waals surface area (Å²) in [5.74, 6) is 1.18. The summed E-state index contributed by atoms with van der Waals surface area (Å²) in [6.07, 6.45) is 7.03. The molecule has 2 aliphatic heterocycles. The average molecular weight is 873 g/mol. The van der Waals surface area contributed by atoms with Crippen LogP contribution < -0.4 is 10.6 Å². The van der Waals surface area contributed by atoms with Gasteiger partial charge in [0.05, 0.1) is 55.7 Å². The molecule has 15 nitrogen and oxygen atoms in total. The molecule has 1 spiro atoms. The summed E-state index contributed by atoms with van der Waals surface area (Å²) in [6, 6.07) is 19.0. The van der Waals surface area contributed by atoms with Gasteiger partial charge in [0.25, 0.3) is 0 Å². The van der Waals surface area contributed by atoms with Crippen molar-refractivity contribution in [3.63, 3.8) is 0 Å². The summed E-state index contributed by atoms with van der Waals surface area (Å²) in [5.41, 5.74) is 4.98. The van der Waals surface area contributed by atoms with Gasteiger partial charge in [0, 0.05) is 25.8 Å². The third-order valence-corrected chi connectivity index (χ3v) is 13.9. The Morgan fingerprint density at radius 3 is 1.98 bits per heavy atom. The molecule has 0 radical (unpaired) electrons. The number of hydrogen-bond donors (Lipinski definition) is 4. The first-order valence-corrected chi connectivity index (χ1v) is 22.3. The summed E-state index contributed by atoms with van der Waals surface area (Å²) in [7, 11) is 4.10. The van der Waals surface area contributed by atoms with Gasteiger partial charge in [-0.3, -0.25) is 9.59 Å². The Hall–Kier alpha value is -6.22. The third kappa shape index (κ3) is 8.69. The lowest BCUT2D eigenvalue weighted by Crippen LogP contribution is -2.59. The van der Waals surface area contributed by atoms with Crippen LogP contribution in [-0.4, -0.2) is 106 Å². The number of likely N-dealkylation sites (tertiary alicyclic amines) is 2. The number of imidazole rings is 2. The van der Waals surface area contributed by atoms with Gasteiger partial charge in [0.15, 0.2) is 0 Å². The predicted molar refractivity (Wildman–Crippen MR) is 243 cm³/mol. The molecule has 3 fully saturated rings. The first-order valence-electron chi connectivity index (χ1n) is 22.3. The van der Waals surface area contributed by atoms with Crippen molar-refractivity contribution in [2.75, 3.05) is 34.4 Å². The second-order valence-corrected chi connectivity index (χ2v) is 18.6. The largest absolute Gasteiger partial charge is 0.453 e. The van der Waals surface area contributed by atoms with Crippen LogP contribution in [0.1, 0.15) is 90.5 Å². The molecule has 5 aromatic rings. The number of carbonyl (C=O) groups is 4. The molecule has 4 heterocycles. The van der Waals surface area contributed by atoms with Gasteiger partial charge in [-0.15, -0.1) is 0 Å². The lowest BCUT2D eigenvalue weighted by Gasteiger charge is -2.36. The van der Waals surface area contributed by atoms with Crippen LogP contribution in [-0.2, 0) is 23.8 Å². The van der Waals surface area contributed by atoms with E-state index in [-0.39, 0.29) is 41.1 Å². The summed E-state index contributed by atoms with van der Waals surface area (Å²) < 4.78 is 15.3. The third-order valence-electron chi connectivity index (χ3n) is 13.9. The van der Waals surface area contributed by atoms with Crippen LogP contribution in [0.2, 0.25) is 0 Å². The topological polar surface area (TPSA) is 184 Å². The fraction of sp³-hybridized carbons (Fsp3) is 0.469. The normalized spacial score (nSPS) is 20.1. The Morgan fingerprint density at radius 1 is 0.781 bits per heavy atom. The summed E-state index contributed by atoms with van der Waals surface area (Å²) in [6.45, 7) is 10.7. The van der Waals surface area contributed by atoms with Crippen molar-refractivity contribution in [2.45, 2.75) is 96.5 Å². The van der Waals surface area contributed by atoms with Gasteiger partial charge >= 0.3 is 12.2 Å². The number of rotatable bonds is 13. The maximum Gasteiger partial charge on any atom is 0.407 e. The maximum absolute atomic E-state index is 14.1. The van der Waals surface area contributed by atoms with Crippen molar-refractivity contribution in [3.8, 4) is 33.6 Å². The molecule has 15 heteroatoms. The number of hydrogen-bond acceptors (Lipinski definition) is 9. The Balaban J connectivity index is 0.970. The van der Waals surface area contributed by atoms with Gasteiger partial charge in [0.2, 0.25) is 11.8 Å². The van der Waals surface area contributed by atoms with E-state index in [0.29, 0.717) is 18.9 Å². The first kappa shape index (κ1) is 44.4. The highest BCUT2D eigenvalue weighted by Gasteiger charge is 2.55. The molecular formula is C49H60N8O7. The van der Waals surface area contributed by atoms with Crippen LogP contribution in [0.5, 0.6) is 0 Å². The number of alkyl carbamates (subject to hydrolysis) is 2. The first-order chi connectivity index (χ1) is 30.7. The van der Waals surface area contributed by atoms with Gasteiger partial charge in [0.1, 0.15) is 23.7 Å². The van der Waals surface area contributed by atoms with E-state index >= 15 is 0 Å². The minimum atomic E-state index is -0.982. The zero-order chi connectivity index (χ0) is 45.5. The number of fused-ring (bicyclic) bond motifs is 1. The van der Waals surface area contributed by atoms with Crippen molar-refractivity contribution in [1.29, 1.82) is 0 Å². The van der Waals surface area contributed by atoms with E-state index in [1.165, 1.54) is 21.3 Å². The van der Waals surface area contributed by atoms with Gasteiger partial charge in [-0.25, -0.2) is 19.6 Å². The van der Waals surface area contributed by atoms with Crippen molar-refractivity contribution in [2.24, 2.45) is 17.3 Å². The van der Waals surface area contributed by atoms with Crippen molar-refractivity contribution in [3.05, 3.63) is 84.7 Å². The lowest BCUT2D eigenvalue weighted by molar-refractivity contribution is -0.142. The lowest BCUT2D eigenvalue weighted by atomic mass is 9.94. The van der Waals surface area contributed by atoms with E-state index in [1.807, 2.05) is 36.0 Å². The Bertz CT molecular complexity index is 2520. The number of H-pyrrole nitrogens is 2. The van der Waals surface area contributed by atoms with Crippen molar-refractivity contribution >= 4 is 34.8 Å². The highest BCUT2D eigenvalue weighted by molar-refractivity contribution is 5.91. The number of aromatic nitrogens is 4. The van der Waals surface area contributed by atoms with E-state index in [4.69, 9.17) is 24.2 Å². The molecule has 3 aliphatic rings. The van der Waals surface area contributed by atoms with Crippen LogP contribution in [0, 0.1) is 17.3 Å². The monoisotopic (exact) mass is 872 g/mol. The molecule has 8 rings (SSSR count). The molecule has 4 amide bonds. The molecule has 1 aliphatic carbocycles. The van der Waals surface area contributed by atoms with Crippen LogP contribution in [0.25, 0.3) is 44.4 Å². The number of nitrogens with zero attached hydrogens (tertiary/aromatic N) is 4. The zero-order valence-corrected chi connectivity index (χ0v) is 38.0. The molecule has 0 bridgehead atoms. The number of benzene rings is 3. The Kier molecular flexibility index (Phi) is 12.3. The average Bonchev–Trinajstić information content (AvgIpc) is 3.80. The van der Waals surface area contributed by atoms with E-state index < -0.39 is 29.9 Å². The molecule has 5 atom stereocenters. The number of carbonyl (C=O) groups excluding carboxylic acids is 4. The molecule has 2 saturated heterocycles. The summed E-state index contributed by atoms with van der Waals surface area (Å²) >= 11 is 0. The molecule has 338 valence electrons. The van der Waals surface area contributed by atoms with Crippen LogP contribution in [0.15, 0.2) is 73.1 Å². The smallest absolute Gasteiger partial charge is 0.407 e. The Labute approximate surface area is 374 Å². The fourth-order valence-electron chi connectivity index (χ4n) is 9.57. The van der Waals surface area contributed by atoms with E-state index in [1.54, 1.807) is 13.8 Å². The zero-order valence-electron chi connectivity index (χ0n) is 38.0. The number of methoxy groups -OCH3 is 3. The molecule has 1 unspecified atom stereocenters. The van der Waals surface area contributed by atoms with Gasteiger partial charge in [-0.1, -0.05) is 75.7 Å². The van der Waals surface area contributed by atoms with Crippen molar-refractivity contribution in [1.82, 2.24) is 40.4 Å². The molecule has 1 saturated carbocycles. The standard InChI is InChI=1S/C49H60N8O7/c1-9-29-18-21-56(45(59)41(48(4,5)64-8)55-47(61)63-7)40(29)43-51-25-36(53-43)31-12-10-30(11-13-31)32-14-15-34-23-35(17-16-33(34)22-32)37-26-50-42(52-37)38-24-49(19-20-49)27-57(38)44(58)39(28(2)3)54-46(60)62-6/h10-17,22-23,25-26,28-29,38-41H,9,18-21,24,27H2,1-8H3,(H,50,52)(H,51,53)(H,54,60)(H,55,61)/t29-,38+,39?,40+,41-/m1/s1. The predicted octanol–water partition coefficient (Wildman–Crippen LogP) is 8.17. The maximum atomic E-state index is 14.1. The van der Waals surface area contributed by atoms with Gasteiger partial charge in [-0.05, 0) is 96.4 Å². The highest BCUT2D eigenvalue weighted by atomic mass is 16.5. The number of aromatic amines is 2. The molecular weight excluding hydrogens is 813 g/mol. The van der Waals surface area contributed by atoms with Crippen LogP contribution >= 0.6 is 0 Å². The van der Waals surface area contributed by atoms with E-state index in [9.17, 15) is 19.2 Å². The van der Waals surface area contributed by atoms with Crippen molar-refractivity contribution < 1.29 is 33.4 Å². The number of nitrogens with one attached hydrogen (secondary N) is 4. The quantitative estimate of drug-likeness (QED) is 0.0907. The molecule has 64 heavy (non-hydrogen) atoms. The van der Waals surface area contributed by atoms with E-state index in [2.05, 4.69) is 88.2 Å². The Morgan fingerprint density at radius 2 is 1.36 bits per heavy atom. The second-order valence-electron chi connectivity index (χ2n) is 18.6. The fourth-order valence-corrected chi connectivity index (χ4v) is 9.57. The van der Waals surface area contributed by atoms with Crippen LogP contribution in [0.3, 0.4) is 0 Å². The van der Waals surface area contributed by atoms with Gasteiger partial charge in [-0.2, -0.15) is 0 Å². The van der Waals surface area contributed by atoms with E-state index in [0.717, 1.165) is 82.3 Å². The second kappa shape index (κ2) is 17.7.